The number of H-pyrrole nitrogens is 1. The summed E-state index contributed by atoms with van der Waals surface area (Å²) in [4.78, 5) is 2.11. The summed E-state index contributed by atoms with van der Waals surface area (Å²) in [6.07, 6.45) is 1.34. The number of likely N-dealkylation sites (N-methyl/N-ethyl adjacent to an activating group) is 1. The van der Waals surface area contributed by atoms with Crippen LogP contribution in [-0.2, 0) is 6.54 Å². The summed E-state index contributed by atoms with van der Waals surface area (Å²) in [7, 11) is 3.69. The predicted molar refractivity (Wildman–Crippen MR) is 116 cm³/mol. The van der Waals surface area contributed by atoms with Gasteiger partial charge in [0.25, 0.3) is 0 Å². The zero-order chi connectivity index (χ0) is 20.2. The molecule has 2 N–H and O–H groups in total. The molecule has 0 spiro atoms. The first-order chi connectivity index (χ1) is 14.1. The first-order valence-electron chi connectivity index (χ1n) is 9.66. The summed E-state index contributed by atoms with van der Waals surface area (Å²) in [6, 6.07) is 22.2. The number of aromatic nitrogens is 2. The second kappa shape index (κ2) is 8.47. The monoisotopic (exact) mass is 387 g/mol. The van der Waals surface area contributed by atoms with E-state index in [-0.39, 0.29) is 0 Å². The Hall–Kier alpha value is -3.15. The lowest BCUT2D eigenvalue weighted by Crippen LogP contribution is -2.24. The van der Waals surface area contributed by atoms with Crippen LogP contribution in [0.1, 0.15) is 17.2 Å². The number of methoxy groups -OCH3 is 1. The molecule has 29 heavy (non-hydrogen) atoms. The molecule has 4 rings (SSSR count). The number of nitrogens with zero attached hydrogens (tertiary/aromatic N) is 2. The second-order valence-corrected chi connectivity index (χ2v) is 7.32. The lowest BCUT2D eigenvalue weighted by atomic mass is 10.0. The van der Waals surface area contributed by atoms with E-state index in [1.54, 1.807) is 7.11 Å². The van der Waals surface area contributed by atoms with Crippen LogP contribution in [0.15, 0.2) is 72.9 Å². The van der Waals surface area contributed by atoms with Gasteiger partial charge in [-0.3, -0.25) is 10.00 Å². The molecular formula is C24H25N3O2. The van der Waals surface area contributed by atoms with Crippen LogP contribution in [0.2, 0.25) is 0 Å². The smallest absolute Gasteiger partial charge is 0.119 e. The van der Waals surface area contributed by atoms with Gasteiger partial charge in [0.05, 0.1) is 25.1 Å². The van der Waals surface area contributed by atoms with E-state index in [2.05, 4.69) is 39.4 Å². The first kappa shape index (κ1) is 19.2. The zero-order valence-electron chi connectivity index (χ0n) is 16.7. The molecule has 0 bridgehead atoms. The molecule has 5 heteroatoms. The quantitative estimate of drug-likeness (QED) is 0.493. The third-order valence-corrected chi connectivity index (χ3v) is 5.16. The van der Waals surface area contributed by atoms with Crippen molar-refractivity contribution in [2.45, 2.75) is 12.6 Å². The number of aromatic amines is 1. The highest BCUT2D eigenvalue weighted by Gasteiger charge is 2.14. The van der Waals surface area contributed by atoms with Gasteiger partial charge in [-0.15, -0.1) is 0 Å². The maximum absolute atomic E-state index is 10.5. The van der Waals surface area contributed by atoms with Gasteiger partial charge in [-0.2, -0.15) is 5.10 Å². The van der Waals surface area contributed by atoms with Gasteiger partial charge in [-0.1, -0.05) is 48.5 Å². The van der Waals surface area contributed by atoms with Gasteiger partial charge in [0, 0.05) is 24.2 Å². The van der Waals surface area contributed by atoms with Crippen molar-refractivity contribution in [3.63, 3.8) is 0 Å². The molecule has 0 aliphatic rings. The molecule has 0 radical (unpaired) electrons. The number of ether oxygens (including phenoxy) is 1. The predicted octanol–water partition coefficient (Wildman–Crippen LogP) is 4.40. The number of aliphatic hydroxyl groups is 1. The number of fused-ring (bicyclic) bond motifs is 1. The fourth-order valence-electron chi connectivity index (χ4n) is 3.62. The van der Waals surface area contributed by atoms with Gasteiger partial charge >= 0.3 is 0 Å². The van der Waals surface area contributed by atoms with Crippen LogP contribution in [0, 0.1) is 0 Å². The molecule has 0 fully saturated rings. The molecule has 1 aromatic heterocycles. The maximum Gasteiger partial charge on any atom is 0.119 e. The molecular weight excluding hydrogens is 362 g/mol. The van der Waals surface area contributed by atoms with Crippen LogP contribution in [0.5, 0.6) is 5.75 Å². The number of hydrogen-bond acceptors (Lipinski definition) is 4. The minimum absolute atomic E-state index is 0.521. The normalized spacial score (nSPS) is 12.4. The largest absolute Gasteiger partial charge is 0.497 e. The second-order valence-electron chi connectivity index (χ2n) is 7.32. The van der Waals surface area contributed by atoms with Gasteiger partial charge < -0.3 is 9.84 Å². The first-order valence-corrected chi connectivity index (χ1v) is 9.66. The highest BCUT2D eigenvalue weighted by Crippen LogP contribution is 2.28. The molecule has 5 nitrogen and oxygen atoms in total. The molecule has 0 amide bonds. The summed E-state index contributed by atoms with van der Waals surface area (Å²) in [5, 5.41) is 20.2. The lowest BCUT2D eigenvalue weighted by molar-refractivity contribution is 0.124. The van der Waals surface area contributed by atoms with Crippen molar-refractivity contribution in [3.05, 3.63) is 84.1 Å². The molecule has 0 unspecified atom stereocenters. The van der Waals surface area contributed by atoms with E-state index in [1.807, 2.05) is 55.7 Å². The Morgan fingerprint density at radius 1 is 1.03 bits per heavy atom. The molecule has 0 aliphatic heterocycles. The molecule has 4 aromatic rings. The molecule has 1 heterocycles. The van der Waals surface area contributed by atoms with E-state index >= 15 is 0 Å². The van der Waals surface area contributed by atoms with Crippen LogP contribution in [0.3, 0.4) is 0 Å². The third-order valence-electron chi connectivity index (χ3n) is 5.16. The van der Waals surface area contributed by atoms with Crippen molar-refractivity contribution in [2.24, 2.45) is 0 Å². The van der Waals surface area contributed by atoms with Crippen molar-refractivity contribution in [3.8, 4) is 17.0 Å². The van der Waals surface area contributed by atoms with Gasteiger partial charge in [0.15, 0.2) is 0 Å². The maximum atomic E-state index is 10.5. The average Bonchev–Trinajstić information content (AvgIpc) is 3.21. The standard InChI is InChI=1S/C24H25N3O2/c1-27(16-23(28)17-6-4-3-5-7-17)15-21-14-25-26-24(21)20-9-8-19-13-22(29-2)11-10-18(19)12-20/h3-14,23,28H,15-16H2,1-2H3,(H,25,26)/t23-/m0/s1. The summed E-state index contributed by atoms with van der Waals surface area (Å²) >= 11 is 0. The van der Waals surface area contributed by atoms with Gasteiger partial charge in [0.2, 0.25) is 0 Å². The van der Waals surface area contributed by atoms with E-state index < -0.39 is 6.10 Å². The lowest BCUT2D eigenvalue weighted by Gasteiger charge is -2.21. The van der Waals surface area contributed by atoms with E-state index in [4.69, 9.17) is 4.74 Å². The summed E-state index contributed by atoms with van der Waals surface area (Å²) < 4.78 is 5.31. The molecule has 3 aromatic carbocycles. The zero-order valence-corrected chi connectivity index (χ0v) is 16.7. The Bertz CT molecular complexity index is 1090. The fourth-order valence-corrected chi connectivity index (χ4v) is 3.62. The van der Waals surface area contributed by atoms with E-state index in [0.29, 0.717) is 13.1 Å². The average molecular weight is 387 g/mol. The van der Waals surface area contributed by atoms with Crippen molar-refractivity contribution >= 4 is 10.8 Å². The molecule has 0 saturated heterocycles. The number of nitrogens with one attached hydrogen (secondary N) is 1. The number of hydrogen-bond donors (Lipinski definition) is 2. The van der Waals surface area contributed by atoms with Crippen molar-refractivity contribution in [2.75, 3.05) is 20.7 Å². The van der Waals surface area contributed by atoms with Crippen molar-refractivity contribution in [1.29, 1.82) is 0 Å². The SMILES string of the molecule is COc1ccc2cc(-c3[nH]ncc3CN(C)C[C@H](O)c3ccccc3)ccc2c1. The van der Waals surface area contributed by atoms with Crippen molar-refractivity contribution < 1.29 is 9.84 Å². The minimum Gasteiger partial charge on any atom is -0.497 e. The van der Waals surface area contributed by atoms with Gasteiger partial charge in [-0.25, -0.2) is 0 Å². The summed E-state index contributed by atoms with van der Waals surface area (Å²) in [5.74, 6) is 0.853. The Morgan fingerprint density at radius 3 is 2.59 bits per heavy atom. The Labute approximate surface area is 170 Å². The van der Waals surface area contributed by atoms with Crippen LogP contribution in [0.25, 0.3) is 22.0 Å². The number of aliphatic hydroxyl groups excluding tert-OH is 1. The molecule has 0 aliphatic carbocycles. The van der Waals surface area contributed by atoms with Crippen LogP contribution < -0.4 is 4.74 Å². The Morgan fingerprint density at radius 2 is 1.79 bits per heavy atom. The van der Waals surface area contributed by atoms with Crippen LogP contribution in [-0.4, -0.2) is 40.9 Å². The highest BCUT2D eigenvalue weighted by atomic mass is 16.5. The highest BCUT2D eigenvalue weighted by molar-refractivity contribution is 5.88. The van der Waals surface area contributed by atoms with Crippen LogP contribution in [0.4, 0.5) is 0 Å². The summed E-state index contributed by atoms with van der Waals surface area (Å²) in [5.41, 5.74) is 4.12. The topological polar surface area (TPSA) is 61.4 Å². The van der Waals surface area contributed by atoms with Crippen molar-refractivity contribution in [1.82, 2.24) is 15.1 Å². The van der Waals surface area contributed by atoms with E-state index in [0.717, 1.165) is 38.9 Å². The van der Waals surface area contributed by atoms with Crippen LogP contribution >= 0.6 is 0 Å². The third kappa shape index (κ3) is 4.31. The minimum atomic E-state index is -0.521. The number of benzene rings is 3. The Balaban J connectivity index is 1.51. The molecule has 148 valence electrons. The fraction of sp³-hybridized carbons (Fsp3) is 0.208. The van der Waals surface area contributed by atoms with E-state index in [1.165, 1.54) is 0 Å². The van der Waals surface area contributed by atoms with E-state index in [9.17, 15) is 5.11 Å². The summed E-state index contributed by atoms with van der Waals surface area (Å²) in [6.45, 7) is 1.24. The molecule has 1 atom stereocenters. The van der Waals surface area contributed by atoms with Gasteiger partial charge in [-0.05, 0) is 41.6 Å². The molecule has 0 saturated carbocycles. The number of rotatable bonds is 7. The Kier molecular flexibility index (Phi) is 5.60. The van der Waals surface area contributed by atoms with Gasteiger partial charge in [0.1, 0.15) is 5.75 Å².